The predicted molar refractivity (Wildman–Crippen MR) is 84.4 cm³/mol. The van der Waals surface area contributed by atoms with Crippen LogP contribution >= 0.6 is 0 Å². The summed E-state index contributed by atoms with van der Waals surface area (Å²) in [5, 5.41) is 0. The Hall–Kier alpha value is -2.61. The molecule has 2 aromatic carbocycles. The minimum absolute atomic E-state index is 0.299. The maximum absolute atomic E-state index is 12.0. The zero-order valence-electron chi connectivity index (χ0n) is 12.1. The van der Waals surface area contributed by atoms with Crippen molar-refractivity contribution in [3.8, 4) is 0 Å². The van der Waals surface area contributed by atoms with Crippen molar-refractivity contribution in [3.05, 3.63) is 82.4 Å². The molecule has 1 aliphatic rings. The fourth-order valence-corrected chi connectivity index (χ4v) is 2.25. The van der Waals surface area contributed by atoms with Crippen LogP contribution in [0, 0.1) is 13.8 Å². The van der Waals surface area contributed by atoms with Crippen molar-refractivity contribution in [1.29, 1.82) is 0 Å². The molecule has 0 spiro atoms. The summed E-state index contributed by atoms with van der Waals surface area (Å²) in [6.07, 6.45) is 3.65. The SMILES string of the molecule is Cc1ccc(C2=C/C(=C/c3ccccc3)C(=O)O2)cc1C. The van der Waals surface area contributed by atoms with Crippen LogP contribution in [-0.4, -0.2) is 5.97 Å². The van der Waals surface area contributed by atoms with E-state index in [0.29, 0.717) is 11.3 Å². The van der Waals surface area contributed by atoms with Gasteiger partial charge in [-0.15, -0.1) is 0 Å². The van der Waals surface area contributed by atoms with E-state index in [4.69, 9.17) is 4.74 Å². The number of cyclic esters (lactones) is 1. The third-order valence-electron chi connectivity index (χ3n) is 3.64. The van der Waals surface area contributed by atoms with E-state index in [1.54, 1.807) is 6.08 Å². The van der Waals surface area contributed by atoms with Gasteiger partial charge in [-0.25, -0.2) is 4.79 Å². The highest BCUT2D eigenvalue weighted by Gasteiger charge is 2.22. The van der Waals surface area contributed by atoms with Crippen LogP contribution in [0.15, 0.2) is 60.2 Å². The van der Waals surface area contributed by atoms with Crippen molar-refractivity contribution in [3.63, 3.8) is 0 Å². The second-order valence-corrected chi connectivity index (χ2v) is 5.21. The lowest BCUT2D eigenvalue weighted by Crippen LogP contribution is -1.97. The van der Waals surface area contributed by atoms with Crippen LogP contribution < -0.4 is 0 Å². The van der Waals surface area contributed by atoms with Crippen molar-refractivity contribution in [1.82, 2.24) is 0 Å². The summed E-state index contributed by atoms with van der Waals surface area (Å²) in [7, 11) is 0. The Kier molecular flexibility index (Phi) is 3.44. The number of hydrogen-bond donors (Lipinski definition) is 0. The maximum atomic E-state index is 12.0. The molecule has 0 N–H and O–H groups in total. The molecule has 2 heteroatoms. The first kappa shape index (κ1) is 13.4. The molecule has 0 aromatic heterocycles. The van der Waals surface area contributed by atoms with Gasteiger partial charge in [0.05, 0.1) is 5.57 Å². The highest BCUT2D eigenvalue weighted by Crippen LogP contribution is 2.28. The van der Waals surface area contributed by atoms with Gasteiger partial charge in [-0.05, 0) is 48.8 Å². The summed E-state index contributed by atoms with van der Waals surface area (Å²) >= 11 is 0. The van der Waals surface area contributed by atoms with E-state index in [-0.39, 0.29) is 5.97 Å². The summed E-state index contributed by atoms with van der Waals surface area (Å²) in [4.78, 5) is 12.0. The normalized spacial score (nSPS) is 16.0. The summed E-state index contributed by atoms with van der Waals surface area (Å²) in [6.45, 7) is 4.12. The molecule has 0 atom stereocenters. The molecule has 0 fully saturated rings. The molecular weight excluding hydrogens is 260 g/mol. The molecule has 1 aliphatic heterocycles. The van der Waals surface area contributed by atoms with E-state index in [1.807, 2.05) is 54.6 Å². The molecule has 21 heavy (non-hydrogen) atoms. The number of ether oxygens (including phenoxy) is 1. The second kappa shape index (κ2) is 5.41. The molecular formula is C19H16O2. The van der Waals surface area contributed by atoms with E-state index in [1.165, 1.54) is 11.1 Å². The van der Waals surface area contributed by atoms with E-state index < -0.39 is 0 Å². The van der Waals surface area contributed by atoms with E-state index >= 15 is 0 Å². The number of aryl methyl sites for hydroxylation is 2. The summed E-state index contributed by atoms with van der Waals surface area (Å²) in [5.41, 5.74) is 4.91. The van der Waals surface area contributed by atoms with Gasteiger partial charge in [0, 0.05) is 5.56 Å². The Bertz CT molecular complexity index is 752. The van der Waals surface area contributed by atoms with Crippen molar-refractivity contribution in [2.75, 3.05) is 0 Å². The lowest BCUT2D eigenvalue weighted by molar-refractivity contribution is -0.130. The fraction of sp³-hybridized carbons (Fsp3) is 0.105. The molecule has 0 radical (unpaired) electrons. The third-order valence-corrected chi connectivity index (χ3v) is 3.64. The quantitative estimate of drug-likeness (QED) is 0.604. The molecule has 1 heterocycles. The Balaban J connectivity index is 1.95. The molecule has 104 valence electrons. The van der Waals surface area contributed by atoms with Gasteiger partial charge in [-0.2, -0.15) is 0 Å². The molecule has 2 nitrogen and oxygen atoms in total. The largest absolute Gasteiger partial charge is 0.422 e. The van der Waals surface area contributed by atoms with Gasteiger partial charge in [0.25, 0.3) is 0 Å². The van der Waals surface area contributed by atoms with Gasteiger partial charge >= 0.3 is 5.97 Å². The number of carbonyl (C=O) groups excluding carboxylic acids is 1. The summed E-state index contributed by atoms with van der Waals surface area (Å²) in [6, 6.07) is 15.8. The lowest BCUT2D eigenvalue weighted by Gasteiger charge is -2.05. The minimum Gasteiger partial charge on any atom is -0.422 e. The molecule has 0 amide bonds. The first-order chi connectivity index (χ1) is 10.1. The highest BCUT2D eigenvalue weighted by molar-refractivity contribution is 6.05. The van der Waals surface area contributed by atoms with Crippen LogP contribution in [0.4, 0.5) is 0 Å². The molecule has 0 bridgehead atoms. The van der Waals surface area contributed by atoms with Crippen LogP contribution in [0.5, 0.6) is 0 Å². The summed E-state index contributed by atoms with van der Waals surface area (Å²) < 4.78 is 5.38. The van der Waals surface area contributed by atoms with Crippen LogP contribution in [0.2, 0.25) is 0 Å². The lowest BCUT2D eigenvalue weighted by atomic mass is 10.0. The highest BCUT2D eigenvalue weighted by atomic mass is 16.5. The van der Waals surface area contributed by atoms with Gasteiger partial charge in [0.1, 0.15) is 5.76 Å². The molecule has 2 aromatic rings. The number of esters is 1. The standard InChI is InChI=1S/C19H16O2/c1-13-8-9-16(10-14(13)2)18-12-17(19(20)21-18)11-15-6-4-3-5-7-15/h3-12H,1-2H3/b17-11-. The van der Waals surface area contributed by atoms with E-state index in [9.17, 15) is 4.79 Å². The molecule has 0 saturated carbocycles. The first-order valence-electron chi connectivity index (χ1n) is 6.92. The monoisotopic (exact) mass is 276 g/mol. The fourth-order valence-electron chi connectivity index (χ4n) is 2.25. The van der Waals surface area contributed by atoms with Gasteiger partial charge in [0.2, 0.25) is 0 Å². The molecule has 0 unspecified atom stereocenters. The summed E-state index contributed by atoms with van der Waals surface area (Å²) in [5.74, 6) is 0.317. The topological polar surface area (TPSA) is 26.3 Å². The average molecular weight is 276 g/mol. The van der Waals surface area contributed by atoms with Gasteiger partial charge in [-0.3, -0.25) is 0 Å². The predicted octanol–water partition coefficient (Wildman–Crippen LogP) is 4.28. The number of hydrogen-bond acceptors (Lipinski definition) is 2. The molecule has 0 saturated heterocycles. The Morgan fingerprint density at radius 2 is 1.71 bits per heavy atom. The van der Waals surface area contributed by atoms with Crippen LogP contribution in [0.1, 0.15) is 22.3 Å². The molecule has 0 aliphatic carbocycles. The van der Waals surface area contributed by atoms with Gasteiger partial charge in [0.15, 0.2) is 0 Å². The average Bonchev–Trinajstić information content (AvgIpc) is 2.84. The van der Waals surface area contributed by atoms with E-state index in [2.05, 4.69) is 13.8 Å². The van der Waals surface area contributed by atoms with Crippen molar-refractivity contribution >= 4 is 17.8 Å². The smallest absolute Gasteiger partial charge is 0.343 e. The van der Waals surface area contributed by atoms with E-state index in [0.717, 1.165) is 11.1 Å². The van der Waals surface area contributed by atoms with Crippen LogP contribution in [-0.2, 0) is 9.53 Å². The third kappa shape index (κ3) is 2.79. The Morgan fingerprint density at radius 3 is 2.43 bits per heavy atom. The first-order valence-corrected chi connectivity index (χ1v) is 6.92. The van der Waals surface area contributed by atoms with Crippen LogP contribution in [0.25, 0.3) is 11.8 Å². The molecule has 3 rings (SSSR count). The number of benzene rings is 2. The minimum atomic E-state index is -0.299. The van der Waals surface area contributed by atoms with Crippen LogP contribution in [0.3, 0.4) is 0 Å². The Morgan fingerprint density at radius 1 is 0.952 bits per heavy atom. The van der Waals surface area contributed by atoms with Gasteiger partial charge < -0.3 is 4.74 Å². The Labute approximate surface area is 124 Å². The maximum Gasteiger partial charge on any atom is 0.343 e. The van der Waals surface area contributed by atoms with Gasteiger partial charge in [-0.1, -0.05) is 42.5 Å². The second-order valence-electron chi connectivity index (χ2n) is 5.21. The van der Waals surface area contributed by atoms with Crippen molar-refractivity contribution < 1.29 is 9.53 Å². The zero-order valence-corrected chi connectivity index (χ0v) is 12.1. The zero-order chi connectivity index (χ0) is 14.8. The van der Waals surface area contributed by atoms with Crippen molar-refractivity contribution in [2.24, 2.45) is 0 Å². The van der Waals surface area contributed by atoms with Crippen molar-refractivity contribution in [2.45, 2.75) is 13.8 Å². The number of carbonyl (C=O) groups is 1. The number of rotatable bonds is 2.